The number of carbonyl (C=O) groups is 3. The van der Waals surface area contributed by atoms with E-state index in [2.05, 4.69) is 94.4 Å². The Morgan fingerprint density at radius 1 is 0.712 bits per heavy atom. The molecule has 0 unspecified atom stereocenters. The van der Waals surface area contributed by atoms with E-state index in [-0.39, 0.29) is 23.7 Å². The zero-order valence-electron chi connectivity index (χ0n) is 39.9. The summed E-state index contributed by atoms with van der Waals surface area (Å²) in [6.45, 7) is -2.69. The Hall–Kier alpha value is -7.96. The molecule has 10 rings (SSSR count). The van der Waals surface area contributed by atoms with Gasteiger partial charge in [-0.3, -0.25) is 14.5 Å². The fraction of sp³-hybridized carbons (Fsp3) is 0.119. The first-order valence-corrected chi connectivity index (χ1v) is 27.3. The zero-order valence-corrected chi connectivity index (χ0v) is 42.4. The lowest BCUT2D eigenvalue weighted by atomic mass is 9.77. The summed E-state index contributed by atoms with van der Waals surface area (Å²) in [5.41, 5.74) is 3.75. The van der Waals surface area contributed by atoms with Gasteiger partial charge in [0, 0.05) is 11.1 Å². The molecule has 2 aliphatic rings. The molecule has 1 aromatic heterocycles. The van der Waals surface area contributed by atoms with Gasteiger partial charge < -0.3 is 24.9 Å². The van der Waals surface area contributed by atoms with Crippen LogP contribution in [0.15, 0.2) is 228 Å². The van der Waals surface area contributed by atoms with Crippen LogP contribution in [0.4, 0.5) is 5.13 Å². The number of esters is 1. The Bertz CT molecular complexity index is 3140. The van der Waals surface area contributed by atoms with E-state index in [0.29, 0.717) is 22.2 Å². The SMILES string of the molecule is CON=C(C(=O)N[C@@H]1C(=O)N2C(C(=O)OCc3ccc(OC)cc3)=C(C=P(c3ccccc3)(c3ccccc3)c3ccccc3)CS[C@@H]12)c1csc(NC(c2ccccc2)(c2ccccc2)c2ccccc2)n1. The average Bonchev–Trinajstić information content (AvgIpc) is 3.93. The summed E-state index contributed by atoms with van der Waals surface area (Å²) in [6, 6.07) is 67.5. The van der Waals surface area contributed by atoms with Crippen molar-refractivity contribution in [2.75, 3.05) is 25.3 Å². The van der Waals surface area contributed by atoms with Gasteiger partial charge in [-0.2, -0.15) is 0 Å². The van der Waals surface area contributed by atoms with Gasteiger partial charge in [-0.15, -0.1) is 23.1 Å². The maximum Gasteiger partial charge on any atom is 0.355 e. The Morgan fingerprint density at radius 3 is 1.68 bits per heavy atom. The number of fused-ring (bicyclic) bond motifs is 1. The number of carbonyl (C=O) groups excluding carboxylic acids is 3. The van der Waals surface area contributed by atoms with Crippen molar-refractivity contribution in [1.29, 1.82) is 0 Å². The maximum atomic E-state index is 14.8. The van der Waals surface area contributed by atoms with Crippen molar-refractivity contribution in [1.82, 2.24) is 15.2 Å². The summed E-state index contributed by atoms with van der Waals surface area (Å²) in [5, 5.41) is 15.7. The molecule has 3 heterocycles. The van der Waals surface area contributed by atoms with Crippen LogP contribution in [-0.2, 0) is 36.1 Å². The van der Waals surface area contributed by atoms with Gasteiger partial charge >= 0.3 is 5.97 Å². The number of aromatic nitrogens is 1. The van der Waals surface area contributed by atoms with Crippen molar-refractivity contribution < 1.29 is 28.7 Å². The summed E-state index contributed by atoms with van der Waals surface area (Å²) in [6.07, 6.45) is 0. The number of hydrogen-bond acceptors (Lipinski definition) is 11. The fourth-order valence-electron chi connectivity index (χ4n) is 9.45. The van der Waals surface area contributed by atoms with E-state index in [1.54, 1.807) is 24.6 Å². The van der Waals surface area contributed by atoms with Crippen molar-refractivity contribution in [3.8, 4) is 5.75 Å². The van der Waals surface area contributed by atoms with Gasteiger partial charge in [0.25, 0.3) is 11.8 Å². The highest BCUT2D eigenvalue weighted by atomic mass is 32.2. The molecule has 8 aromatic rings. The first kappa shape index (κ1) is 48.7. The van der Waals surface area contributed by atoms with Crippen LogP contribution in [0.1, 0.15) is 27.9 Å². The van der Waals surface area contributed by atoms with Crippen LogP contribution < -0.4 is 31.3 Å². The first-order chi connectivity index (χ1) is 35.8. The minimum Gasteiger partial charge on any atom is -0.497 e. The van der Waals surface area contributed by atoms with Gasteiger partial charge in [0.2, 0.25) is 0 Å². The highest BCUT2D eigenvalue weighted by molar-refractivity contribution is 8.00. The highest BCUT2D eigenvalue weighted by Crippen LogP contribution is 2.48. The molecule has 0 spiro atoms. The van der Waals surface area contributed by atoms with Crippen LogP contribution in [0, 0.1) is 0 Å². The number of nitrogens with zero attached hydrogens (tertiary/aromatic N) is 3. The van der Waals surface area contributed by atoms with E-state index in [4.69, 9.17) is 19.3 Å². The number of benzene rings is 7. The molecule has 11 nitrogen and oxygen atoms in total. The fourth-order valence-corrected chi connectivity index (χ4v) is 15.6. The Kier molecular flexibility index (Phi) is 14.5. The molecular formula is C59H50N5O6PS2. The molecule has 0 radical (unpaired) electrons. The smallest absolute Gasteiger partial charge is 0.355 e. The Balaban J connectivity index is 0.992. The lowest BCUT2D eigenvalue weighted by molar-refractivity contribution is -0.153. The number of thiazole rings is 1. The normalized spacial score (nSPS) is 15.6. The monoisotopic (exact) mass is 1020 g/mol. The molecule has 2 atom stereocenters. The second-order valence-corrected chi connectivity index (χ2v) is 22.4. The molecule has 2 amide bonds. The van der Waals surface area contributed by atoms with Crippen LogP contribution in [0.3, 0.4) is 0 Å². The quantitative estimate of drug-likeness (QED) is 0.0229. The van der Waals surface area contributed by atoms with E-state index >= 15 is 0 Å². The minimum absolute atomic E-state index is 0.0412. The molecule has 1 saturated heterocycles. The van der Waals surface area contributed by atoms with Gasteiger partial charge in [-0.1, -0.05) is 199 Å². The molecule has 73 heavy (non-hydrogen) atoms. The number of nitrogens with one attached hydrogen (secondary N) is 2. The molecule has 2 aliphatic heterocycles. The topological polar surface area (TPSA) is 131 Å². The number of amides is 2. The van der Waals surface area contributed by atoms with Crippen molar-refractivity contribution in [3.63, 3.8) is 0 Å². The van der Waals surface area contributed by atoms with Gasteiger partial charge in [0.1, 0.15) is 47.8 Å². The van der Waals surface area contributed by atoms with E-state index in [1.807, 2.05) is 121 Å². The average molecular weight is 1020 g/mol. The molecule has 7 aromatic carbocycles. The largest absolute Gasteiger partial charge is 0.497 e. The van der Waals surface area contributed by atoms with Crippen molar-refractivity contribution in [3.05, 3.63) is 251 Å². The highest BCUT2D eigenvalue weighted by Gasteiger charge is 2.55. The third-order valence-corrected chi connectivity index (χ3v) is 19.0. The number of ether oxygens (including phenoxy) is 2. The van der Waals surface area contributed by atoms with Crippen LogP contribution in [-0.4, -0.2) is 70.6 Å². The number of hydrogen-bond donors (Lipinski definition) is 2. The number of β-lactam (4-membered cyclic amide) rings is 1. The van der Waals surface area contributed by atoms with Gasteiger partial charge in [-0.25, -0.2) is 9.78 Å². The molecule has 0 saturated carbocycles. The molecular weight excluding hydrogens is 970 g/mol. The number of thioether (sulfide) groups is 1. The Labute approximate surface area is 432 Å². The van der Waals surface area contributed by atoms with Crippen LogP contribution >= 0.6 is 30.0 Å². The van der Waals surface area contributed by atoms with Crippen molar-refractivity contribution in [2.45, 2.75) is 23.6 Å². The van der Waals surface area contributed by atoms with Crippen LogP contribution in [0.2, 0.25) is 0 Å². The van der Waals surface area contributed by atoms with Crippen molar-refractivity contribution in [2.24, 2.45) is 5.16 Å². The predicted octanol–water partition coefficient (Wildman–Crippen LogP) is 9.10. The van der Waals surface area contributed by atoms with E-state index in [9.17, 15) is 14.4 Å². The van der Waals surface area contributed by atoms with Crippen molar-refractivity contribution >= 4 is 80.3 Å². The van der Waals surface area contributed by atoms with E-state index < -0.39 is 41.6 Å². The minimum atomic E-state index is -2.65. The lowest BCUT2D eigenvalue weighted by Gasteiger charge is -2.49. The molecule has 0 aliphatic carbocycles. The van der Waals surface area contributed by atoms with E-state index in [0.717, 1.165) is 38.2 Å². The van der Waals surface area contributed by atoms with Gasteiger partial charge in [-0.05, 0) is 68.6 Å². The third-order valence-electron chi connectivity index (χ3n) is 12.9. The molecule has 2 N–H and O–H groups in total. The standard InChI is InChI=1S/C59H50N5O6PS2/c1-68-46-35-33-41(34-36-46)37-70-57(67)53-42(38-71(47-27-15-6-16-28-47,48-29-17-7-18-30-48)49-31-19-8-20-32-49)39-72-56-52(55(66)64(53)56)61-54(65)51(63-69-2)50-40-73-58(60-50)62-59(43-21-9-3-10-22-43,44-23-11-4-12-24-44)45-25-13-5-14-26-45/h3-36,38,40,52,56H,37,39H2,1-2H3,(H,60,62)(H,61,65)/t52-,56+/m1/s1. The third kappa shape index (κ3) is 9.62. The first-order valence-electron chi connectivity index (χ1n) is 23.6. The number of methoxy groups -OCH3 is 1. The Morgan fingerprint density at radius 2 is 1.21 bits per heavy atom. The zero-order chi connectivity index (χ0) is 50.2. The number of oxime groups is 1. The summed E-state index contributed by atoms with van der Waals surface area (Å²) >= 11 is 2.78. The van der Waals surface area contributed by atoms with Crippen LogP contribution in [0.5, 0.6) is 5.75 Å². The van der Waals surface area contributed by atoms with Gasteiger partial charge in [0.15, 0.2) is 10.8 Å². The summed E-state index contributed by atoms with van der Waals surface area (Å²) in [4.78, 5) is 55.6. The molecule has 14 heteroatoms. The summed E-state index contributed by atoms with van der Waals surface area (Å²) < 4.78 is 11.4. The second kappa shape index (κ2) is 21.8. The maximum absolute atomic E-state index is 14.8. The molecule has 364 valence electrons. The van der Waals surface area contributed by atoms with E-state index in [1.165, 1.54) is 35.1 Å². The van der Waals surface area contributed by atoms with Gasteiger partial charge in [0.05, 0.1) is 7.11 Å². The number of anilines is 1. The molecule has 1 fully saturated rings. The molecule has 0 bridgehead atoms. The summed E-state index contributed by atoms with van der Waals surface area (Å²) in [7, 11) is 2.94. The second-order valence-electron chi connectivity index (χ2n) is 17.2. The summed E-state index contributed by atoms with van der Waals surface area (Å²) in [5.74, 6) is 1.44. The lowest BCUT2D eigenvalue weighted by Crippen LogP contribution is -2.71. The number of rotatable bonds is 17. The predicted molar refractivity (Wildman–Crippen MR) is 295 cm³/mol. The van der Waals surface area contributed by atoms with Crippen LogP contribution in [0.25, 0.3) is 0 Å².